The quantitative estimate of drug-likeness (QED) is 0.911. The summed E-state index contributed by atoms with van der Waals surface area (Å²) in [6.07, 6.45) is 0.695. The number of hydrogen-bond donors (Lipinski definition) is 1. The molecule has 1 aromatic heterocycles. The first-order valence-electron chi connectivity index (χ1n) is 4.72. The maximum Gasteiger partial charge on any atom is 0.178 e. The molecule has 0 amide bonds. The smallest absolute Gasteiger partial charge is 0.178 e. The second-order valence-electron chi connectivity index (χ2n) is 3.11. The van der Waals surface area contributed by atoms with Gasteiger partial charge in [-0.3, -0.25) is 0 Å². The highest BCUT2D eigenvalue weighted by Crippen LogP contribution is 2.30. The Hall–Kier alpha value is -0.980. The van der Waals surface area contributed by atoms with Gasteiger partial charge in [-0.25, -0.2) is 4.39 Å². The van der Waals surface area contributed by atoms with Gasteiger partial charge in [0.1, 0.15) is 11.3 Å². The average Bonchev–Trinajstić information content (AvgIpc) is 2.75. The standard InChI is InChI=1S/C10H10FN3S2/c11-8-5-7(3-4-12)1-2-9(8)16-10-14-13-6-15-10/h1-2,5-6H,3-4,12H2. The maximum atomic E-state index is 13.7. The Bertz CT molecular complexity index is 459. The van der Waals surface area contributed by atoms with E-state index in [1.165, 1.54) is 29.2 Å². The molecule has 0 fully saturated rings. The van der Waals surface area contributed by atoms with E-state index in [0.717, 1.165) is 9.90 Å². The van der Waals surface area contributed by atoms with Gasteiger partial charge in [0, 0.05) is 0 Å². The maximum absolute atomic E-state index is 13.7. The van der Waals surface area contributed by atoms with E-state index in [9.17, 15) is 4.39 Å². The zero-order valence-electron chi connectivity index (χ0n) is 8.39. The Balaban J connectivity index is 2.16. The summed E-state index contributed by atoms with van der Waals surface area (Å²) in [5, 5.41) is 7.56. The summed E-state index contributed by atoms with van der Waals surface area (Å²) in [6.45, 7) is 0.530. The summed E-state index contributed by atoms with van der Waals surface area (Å²) in [7, 11) is 0. The van der Waals surface area contributed by atoms with E-state index in [1.807, 2.05) is 6.07 Å². The Morgan fingerprint density at radius 3 is 2.94 bits per heavy atom. The summed E-state index contributed by atoms with van der Waals surface area (Å²) in [4.78, 5) is 0.567. The van der Waals surface area contributed by atoms with Gasteiger partial charge in [0.05, 0.1) is 4.90 Å². The van der Waals surface area contributed by atoms with Crippen molar-refractivity contribution >= 4 is 23.1 Å². The van der Waals surface area contributed by atoms with E-state index in [1.54, 1.807) is 11.6 Å². The van der Waals surface area contributed by atoms with Crippen LogP contribution in [0.3, 0.4) is 0 Å². The number of halogens is 1. The first-order chi connectivity index (χ1) is 7.79. The van der Waals surface area contributed by atoms with Gasteiger partial charge in [-0.15, -0.1) is 10.2 Å². The molecule has 0 radical (unpaired) electrons. The lowest BCUT2D eigenvalue weighted by Crippen LogP contribution is -2.02. The minimum Gasteiger partial charge on any atom is -0.330 e. The minimum absolute atomic E-state index is 0.230. The van der Waals surface area contributed by atoms with E-state index in [4.69, 9.17) is 5.73 Å². The van der Waals surface area contributed by atoms with E-state index in [2.05, 4.69) is 10.2 Å². The van der Waals surface area contributed by atoms with Gasteiger partial charge >= 0.3 is 0 Å². The van der Waals surface area contributed by atoms with Crippen molar-refractivity contribution in [1.82, 2.24) is 10.2 Å². The van der Waals surface area contributed by atoms with Crippen molar-refractivity contribution in [1.29, 1.82) is 0 Å². The van der Waals surface area contributed by atoms with Crippen LogP contribution in [0.1, 0.15) is 5.56 Å². The molecule has 0 bridgehead atoms. The molecular formula is C10H10FN3S2. The van der Waals surface area contributed by atoms with Crippen LogP contribution in [0.5, 0.6) is 0 Å². The van der Waals surface area contributed by atoms with E-state index in [0.29, 0.717) is 17.9 Å². The van der Waals surface area contributed by atoms with Gasteiger partial charge in [0.15, 0.2) is 4.34 Å². The molecule has 0 aliphatic rings. The van der Waals surface area contributed by atoms with Crippen LogP contribution in [0, 0.1) is 5.82 Å². The molecule has 0 saturated carbocycles. The summed E-state index contributed by atoms with van der Waals surface area (Å²) in [5.41, 5.74) is 7.96. The zero-order valence-corrected chi connectivity index (χ0v) is 10.0. The number of nitrogens with two attached hydrogens (primary N) is 1. The van der Waals surface area contributed by atoms with E-state index < -0.39 is 0 Å². The number of nitrogens with zero attached hydrogens (tertiary/aromatic N) is 2. The third kappa shape index (κ3) is 2.78. The SMILES string of the molecule is NCCc1ccc(Sc2nncs2)c(F)c1. The minimum atomic E-state index is -0.230. The molecule has 2 rings (SSSR count). The Labute approximate surface area is 101 Å². The third-order valence-electron chi connectivity index (χ3n) is 1.97. The molecule has 84 valence electrons. The molecule has 0 aliphatic heterocycles. The van der Waals surface area contributed by atoms with Crippen LogP contribution in [0.15, 0.2) is 32.9 Å². The van der Waals surface area contributed by atoms with Gasteiger partial charge in [0.2, 0.25) is 0 Å². The molecule has 2 aromatic rings. The van der Waals surface area contributed by atoms with E-state index in [-0.39, 0.29) is 5.82 Å². The fourth-order valence-electron chi connectivity index (χ4n) is 1.25. The second-order valence-corrected chi connectivity index (χ2v) is 5.23. The van der Waals surface area contributed by atoms with Gasteiger partial charge < -0.3 is 5.73 Å². The van der Waals surface area contributed by atoms with Gasteiger partial charge in [-0.2, -0.15) is 0 Å². The number of aromatic nitrogens is 2. The summed E-state index contributed by atoms with van der Waals surface area (Å²) < 4.78 is 14.4. The average molecular weight is 255 g/mol. The fourth-order valence-corrected chi connectivity index (χ4v) is 2.69. The zero-order chi connectivity index (χ0) is 11.4. The van der Waals surface area contributed by atoms with Crippen molar-refractivity contribution in [3.05, 3.63) is 35.1 Å². The molecule has 0 unspecified atom stereocenters. The van der Waals surface area contributed by atoms with Gasteiger partial charge in [-0.05, 0) is 30.7 Å². The van der Waals surface area contributed by atoms with Crippen LogP contribution < -0.4 is 5.73 Å². The van der Waals surface area contributed by atoms with Crippen LogP contribution in [0.25, 0.3) is 0 Å². The normalized spacial score (nSPS) is 10.6. The molecule has 6 heteroatoms. The van der Waals surface area contributed by atoms with Crippen molar-refractivity contribution < 1.29 is 4.39 Å². The highest BCUT2D eigenvalue weighted by molar-refractivity contribution is 8.01. The van der Waals surface area contributed by atoms with E-state index >= 15 is 0 Å². The lowest BCUT2D eigenvalue weighted by molar-refractivity contribution is 0.599. The molecule has 0 spiro atoms. The summed E-state index contributed by atoms with van der Waals surface area (Å²) >= 11 is 2.68. The highest BCUT2D eigenvalue weighted by Gasteiger charge is 2.07. The molecule has 3 nitrogen and oxygen atoms in total. The van der Waals surface area contributed by atoms with Gasteiger partial charge in [0.25, 0.3) is 0 Å². The Morgan fingerprint density at radius 1 is 1.44 bits per heavy atom. The Morgan fingerprint density at radius 2 is 2.31 bits per heavy atom. The lowest BCUT2D eigenvalue weighted by Gasteiger charge is -2.03. The van der Waals surface area contributed by atoms with Crippen molar-refractivity contribution in [3.8, 4) is 0 Å². The largest absolute Gasteiger partial charge is 0.330 e. The molecule has 16 heavy (non-hydrogen) atoms. The van der Waals surface area contributed by atoms with Crippen molar-refractivity contribution in [2.45, 2.75) is 15.7 Å². The first kappa shape index (κ1) is 11.5. The molecule has 0 aliphatic carbocycles. The number of rotatable bonds is 4. The molecule has 0 atom stereocenters. The predicted molar refractivity (Wildman–Crippen MR) is 63.2 cm³/mol. The Kier molecular flexibility index (Phi) is 3.87. The van der Waals surface area contributed by atoms with Crippen LogP contribution in [-0.2, 0) is 6.42 Å². The van der Waals surface area contributed by atoms with Crippen LogP contribution in [-0.4, -0.2) is 16.7 Å². The predicted octanol–water partition coefficient (Wildman–Crippen LogP) is 2.33. The molecule has 1 heterocycles. The first-order valence-corrected chi connectivity index (χ1v) is 6.41. The van der Waals surface area contributed by atoms with Crippen molar-refractivity contribution in [3.63, 3.8) is 0 Å². The molecule has 0 saturated heterocycles. The second kappa shape index (κ2) is 5.38. The number of hydrogen-bond acceptors (Lipinski definition) is 5. The molecule has 2 N–H and O–H groups in total. The molecule has 1 aromatic carbocycles. The summed E-state index contributed by atoms with van der Waals surface area (Å²) in [6, 6.07) is 5.17. The van der Waals surface area contributed by atoms with Crippen LogP contribution >= 0.6 is 23.1 Å². The summed E-state index contributed by atoms with van der Waals surface area (Å²) in [5.74, 6) is -0.230. The van der Waals surface area contributed by atoms with Gasteiger partial charge in [-0.1, -0.05) is 29.2 Å². The monoisotopic (exact) mass is 255 g/mol. The lowest BCUT2D eigenvalue weighted by atomic mass is 10.1. The third-order valence-corrected chi connectivity index (χ3v) is 3.80. The molecular weight excluding hydrogens is 245 g/mol. The van der Waals surface area contributed by atoms with Crippen LogP contribution in [0.2, 0.25) is 0 Å². The van der Waals surface area contributed by atoms with Crippen molar-refractivity contribution in [2.75, 3.05) is 6.54 Å². The highest BCUT2D eigenvalue weighted by atomic mass is 32.2. The van der Waals surface area contributed by atoms with Crippen LogP contribution in [0.4, 0.5) is 4.39 Å². The fraction of sp³-hybridized carbons (Fsp3) is 0.200. The van der Waals surface area contributed by atoms with Crippen molar-refractivity contribution in [2.24, 2.45) is 5.73 Å². The topological polar surface area (TPSA) is 51.8 Å². The number of benzene rings is 1.